The summed E-state index contributed by atoms with van der Waals surface area (Å²) >= 11 is 1.65. The molecule has 4 heteroatoms. The first-order valence-corrected chi connectivity index (χ1v) is 6.81. The first kappa shape index (κ1) is 11.6. The molecule has 1 atom stereocenters. The maximum atomic E-state index is 10.3. The lowest BCUT2D eigenvalue weighted by Crippen LogP contribution is -2.17. The smallest absolute Gasteiger partial charge is 0.167 e. The fourth-order valence-corrected chi connectivity index (χ4v) is 2.83. The van der Waals surface area contributed by atoms with Crippen LogP contribution in [0.3, 0.4) is 0 Å². The summed E-state index contributed by atoms with van der Waals surface area (Å²) in [6.07, 6.45) is 0.0533. The van der Waals surface area contributed by atoms with E-state index < -0.39 is 6.10 Å². The molecule has 1 aliphatic rings. The molecule has 2 aromatic rings. The molecule has 0 saturated carbocycles. The van der Waals surface area contributed by atoms with Gasteiger partial charge in [-0.3, -0.25) is 0 Å². The van der Waals surface area contributed by atoms with Gasteiger partial charge in [-0.15, -0.1) is 11.3 Å². The fourth-order valence-electron chi connectivity index (χ4n) is 2.09. The highest BCUT2D eigenvalue weighted by Crippen LogP contribution is 2.38. The zero-order chi connectivity index (χ0) is 12.4. The molecule has 18 heavy (non-hydrogen) atoms. The average molecular weight is 262 g/mol. The van der Waals surface area contributed by atoms with Crippen LogP contribution >= 0.6 is 11.3 Å². The third-order valence-corrected chi connectivity index (χ3v) is 3.83. The van der Waals surface area contributed by atoms with Crippen LogP contribution in [0.5, 0.6) is 11.5 Å². The summed E-state index contributed by atoms with van der Waals surface area (Å²) in [6.45, 7) is 1.10. The minimum absolute atomic E-state index is 0.537. The van der Waals surface area contributed by atoms with Crippen LogP contribution < -0.4 is 9.47 Å². The topological polar surface area (TPSA) is 38.7 Å². The predicted octanol–water partition coefficient (Wildman–Crippen LogP) is 2.80. The molecule has 1 N–H and O–H groups in total. The minimum atomic E-state index is -0.555. The molecule has 0 amide bonds. The molecule has 3 rings (SSSR count). The number of thiophene rings is 1. The predicted molar refractivity (Wildman–Crippen MR) is 70.4 cm³/mol. The second-order valence-corrected chi connectivity index (χ2v) is 5.20. The van der Waals surface area contributed by atoms with Gasteiger partial charge in [0, 0.05) is 16.9 Å². The Hall–Kier alpha value is -1.52. The molecule has 3 nitrogen and oxygen atoms in total. The third-order valence-electron chi connectivity index (χ3n) is 2.93. The number of aliphatic hydroxyl groups excluding tert-OH is 1. The monoisotopic (exact) mass is 262 g/mol. The van der Waals surface area contributed by atoms with Crippen molar-refractivity contribution in [3.8, 4) is 11.5 Å². The fraction of sp³-hybridized carbons (Fsp3) is 0.286. The molecule has 0 bridgehead atoms. The Morgan fingerprint density at radius 3 is 2.89 bits per heavy atom. The van der Waals surface area contributed by atoms with Gasteiger partial charge in [0.15, 0.2) is 11.5 Å². The third kappa shape index (κ3) is 2.21. The molecule has 94 valence electrons. The zero-order valence-corrected chi connectivity index (χ0v) is 10.7. The summed E-state index contributed by atoms with van der Waals surface area (Å²) in [7, 11) is 0. The summed E-state index contributed by atoms with van der Waals surface area (Å²) in [4.78, 5) is 1.16. The van der Waals surface area contributed by atoms with Crippen molar-refractivity contribution in [3.63, 3.8) is 0 Å². The first-order valence-electron chi connectivity index (χ1n) is 5.93. The number of benzene rings is 1. The highest BCUT2D eigenvalue weighted by atomic mass is 32.1. The van der Waals surface area contributed by atoms with Gasteiger partial charge in [-0.25, -0.2) is 0 Å². The van der Waals surface area contributed by atoms with Gasteiger partial charge in [0.1, 0.15) is 13.2 Å². The van der Waals surface area contributed by atoms with Crippen molar-refractivity contribution in [1.82, 2.24) is 0 Å². The van der Waals surface area contributed by atoms with Gasteiger partial charge in [-0.2, -0.15) is 0 Å². The summed E-state index contributed by atoms with van der Waals surface area (Å²) < 4.78 is 11.1. The number of aliphatic hydroxyl groups is 1. The van der Waals surface area contributed by atoms with Crippen molar-refractivity contribution in [2.45, 2.75) is 12.5 Å². The summed E-state index contributed by atoms with van der Waals surface area (Å²) in [6, 6.07) is 9.68. The molecule has 1 aliphatic heterocycles. The molecule has 0 spiro atoms. The standard InChI is InChI=1S/C14H14O3S/c15-12(9-10-3-2-8-18-10)11-4-1-5-13-14(11)17-7-6-16-13/h1-5,8,12,15H,6-7,9H2. The van der Waals surface area contributed by atoms with Crippen molar-refractivity contribution >= 4 is 11.3 Å². The normalized spacial score (nSPS) is 15.4. The zero-order valence-electron chi connectivity index (χ0n) is 9.83. The van der Waals surface area contributed by atoms with Crippen LogP contribution in [0, 0.1) is 0 Å². The van der Waals surface area contributed by atoms with Crippen LogP contribution in [0.15, 0.2) is 35.7 Å². The van der Waals surface area contributed by atoms with E-state index >= 15 is 0 Å². The van der Waals surface area contributed by atoms with E-state index in [1.807, 2.05) is 35.7 Å². The molecule has 1 unspecified atom stereocenters. The Kier molecular flexibility index (Phi) is 3.21. The number of fused-ring (bicyclic) bond motifs is 1. The lowest BCUT2D eigenvalue weighted by Gasteiger charge is -2.22. The van der Waals surface area contributed by atoms with Crippen LogP contribution in [0.1, 0.15) is 16.5 Å². The van der Waals surface area contributed by atoms with Crippen LogP contribution in [-0.2, 0) is 6.42 Å². The summed E-state index contributed by atoms with van der Waals surface area (Å²) in [5.74, 6) is 1.41. The highest BCUT2D eigenvalue weighted by molar-refractivity contribution is 7.09. The van der Waals surface area contributed by atoms with Crippen molar-refractivity contribution in [1.29, 1.82) is 0 Å². The summed E-state index contributed by atoms with van der Waals surface area (Å²) in [5, 5.41) is 12.3. The van der Waals surface area contributed by atoms with Gasteiger partial charge < -0.3 is 14.6 Å². The lowest BCUT2D eigenvalue weighted by molar-refractivity contribution is 0.146. The van der Waals surface area contributed by atoms with Gasteiger partial charge in [0.2, 0.25) is 0 Å². The van der Waals surface area contributed by atoms with E-state index in [0.717, 1.165) is 16.2 Å². The van der Waals surface area contributed by atoms with Crippen LogP contribution in [0.2, 0.25) is 0 Å². The van der Waals surface area contributed by atoms with E-state index in [1.165, 1.54) is 0 Å². The van der Waals surface area contributed by atoms with Crippen molar-refractivity contribution < 1.29 is 14.6 Å². The van der Waals surface area contributed by atoms with Gasteiger partial charge in [-0.1, -0.05) is 18.2 Å². The lowest BCUT2D eigenvalue weighted by atomic mass is 10.0. The quantitative estimate of drug-likeness (QED) is 0.924. The molecule has 0 fully saturated rings. The number of rotatable bonds is 3. The van der Waals surface area contributed by atoms with Crippen molar-refractivity contribution in [2.24, 2.45) is 0 Å². The van der Waals surface area contributed by atoms with Crippen molar-refractivity contribution in [2.75, 3.05) is 13.2 Å². The highest BCUT2D eigenvalue weighted by Gasteiger charge is 2.20. The van der Waals surface area contributed by atoms with E-state index in [4.69, 9.17) is 9.47 Å². The Morgan fingerprint density at radius 1 is 1.17 bits per heavy atom. The van der Waals surface area contributed by atoms with E-state index in [1.54, 1.807) is 11.3 Å². The minimum Gasteiger partial charge on any atom is -0.486 e. The molecule has 0 aliphatic carbocycles. The SMILES string of the molecule is OC(Cc1cccs1)c1cccc2c1OCCO2. The van der Waals surface area contributed by atoms with E-state index in [-0.39, 0.29) is 0 Å². The van der Waals surface area contributed by atoms with Gasteiger partial charge >= 0.3 is 0 Å². The Labute approximate surface area is 110 Å². The number of para-hydroxylation sites is 1. The van der Waals surface area contributed by atoms with Gasteiger partial charge in [0.25, 0.3) is 0 Å². The second-order valence-electron chi connectivity index (χ2n) is 4.17. The molecule has 0 saturated heterocycles. The van der Waals surface area contributed by atoms with E-state index in [2.05, 4.69) is 0 Å². The van der Waals surface area contributed by atoms with Crippen LogP contribution in [0.4, 0.5) is 0 Å². The number of hydrogen-bond acceptors (Lipinski definition) is 4. The largest absolute Gasteiger partial charge is 0.486 e. The molecule has 0 radical (unpaired) electrons. The Morgan fingerprint density at radius 2 is 2.06 bits per heavy atom. The maximum absolute atomic E-state index is 10.3. The molecule has 1 aromatic carbocycles. The number of hydrogen-bond donors (Lipinski definition) is 1. The Balaban J connectivity index is 1.87. The average Bonchev–Trinajstić information content (AvgIpc) is 2.91. The van der Waals surface area contributed by atoms with Gasteiger partial charge in [-0.05, 0) is 17.5 Å². The molecular formula is C14H14O3S. The Bertz CT molecular complexity index is 522. The second kappa shape index (κ2) is 5.00. The number of ether oxygens (including phenoxy) is 2. The van der Waals surface area contributed by atoms with Gasteiger partial charge in [0.05, 0.1) is 6.10 Å². The van der Waals surface area contributed by atoms with E-state index in [9.17, 15) is 5.11 Å². The van der Waals surface area contributed by atoms with Crippen LogP contribution in [-0.4, -0.2) is 18.3 Å². The summed E-state index contributed by atoms with van der Waals surface area (Å²) in [5.41, 5.74) is 0.806. The maximum Gasteiger partial charge on any atom is 0.167 e. The molecule has 2 heterocycles. The molecular weight excluding hydrogens is 248 g/mol. The van der Waals surface area contributed by atoms with Crippen LogP contribution in [0.25, 0.3) is 0 Å². The molecule has 1 aromatic heterocycles. The van der Waals surface area contributed by atoms with Crippen molar-refractivity contribution in [3.05, 3.63) is 46.2 Å². The first-order chi connectivity index (χ1) is 8.84. The van der Waals surface area contributed by atoms with E-state index in [0.29, 0.717) is 25.4 Å².